The van der Waals surface area contributed by atoms with Crippen LogP contribution in [0.5, 0.6) is 0 Å². The van der Waals surface area contributed by atoms with Gasteiger partial charge in [-0.2, -0.15) is 0 Å². The Morgan fingerprint density at radius 2 is 1.96 bits per heavy atom. The van der Waals surface area contributed by atoms with Gasteiger partial charge in [0.05, 0.1) is 11.4 Å². The summed E-state index contributed by atoms with van der Waals surface area (Å²) < 4.78 is 14.3. The van der Waals surface area contributed by atoms with Crippen molar-refractivity contribution in [1.82, 2.24) is 15.6 Å². The SMILES string of the molecule is CN1C=C2c3cccc(Cl)c3CN(c3ccccc3F)CN2N1. The summed E-state index contributed by atoms with van der Waals surface area (Å²) in [5.74, 6) is -0.235. The molecule has 0 saturated heterocycles. The van der Waals surface area contributed by atoms with E-state index in [9.17, 15) is 4.39 Å². The number of benzene rings is 2. The fourth-order valence-electron chi connectivity index (χ4n) is 3.09. The minimum absolute atomic E-state index is 0.235. The lowest BCUT2D eigenvalue weighted by Gasteiger charge is -2.29. The molecule has 0 bridgehead atoms. The van der Waals surface area contributed by atoms with E-state index in [1.165, 1.54) is 6.07 Å². The van der Waals surface area contributed by atoms with Crippen molar-refractivity contribution in [2.75, 3.05) is 18.6 Å². The van der Waals surface area contributed by atoms with Crippen molar-refractivity contribution < 1.29 is 4.39 Å². The molecule has 0 radical (unpaired) electrons. The van der Waals surface area contributed by atoms with Crippen molar-refractivity contribution in [3.05, 3.63) is 70.6 Å². The fourth-order valence-corrected chi connectivity index (χ4v) is 3.32. The molecule has 2 aromatic rings. The summed E-state index contributed by atoms with van der Waals surface area (Å²) in [5.41, 5.74) is 6.91. The molecule has 2 aliphatic heterocycles. The van der Waals surface area contributed by atoms with Crippen LogP contribution in [-0.2, 0) is 6.54 Å². The average molecular weight is 331 g/mol. The highest BCUT2D eigenvalue weighted by molar-refractivity contribution is 6.31. The van der Waals surface area contributed by atoms with Crippen LogP contribution in [0.4, 0.5) is 10.1 Å². The molecule has 0 fully saturated rings. The molecule has 0 saturated carbocycles. The van der Waals surface area contributed by atoms with Crippen molar-refractivity contribution in [2.45, 2.75) is 6.54 Å². The van der Waals surface area contributed by atoms with E-state index in [0.717, 1.165) is 16.8 Å². The quantitative estimate of drug-likeness (QED) is 0.864. The largest absolute Gasteiger partial charge is 0.346 e. The molecule has 0 unspecified atom stereocenters. The Kier molecular flexibility index (Phi) is 3.39. The molecule has 1 N–H and O–H groups in total. The van der Waals surface area contributed by atoms with Gasteiger partial charge in [0.25, 0.3) is 0 Å². The van der Waals surface area contributed by atoms with Gasteiger partial charge in [0.1, 0.15) is 12.5 Å². The number of nitrogens with zero attached hydrogens (tertiary/aromatic N) is 3. The Morgan fingerprint density at radius 1 is 1.13 bits per heavy atom. The van der Waals surface area contributed by atoms with E-state index in [0.29, 0.717) is 23.9 Å². The predicted octanol–water partition coefficient (Wildman–Crippen LogP) is 3.42. The first-order valence-electron chi connectivity index (χ1n) is 7.39. The maximum atomic E-state index is 14.3. The van der Waals surface area contributed by atoms with E-state index in [1.807, 2.05) is 52.4 Å². The van der Waals surface area contributed by atoms with Gasteiger partial charge in [-0.1, -0.05) is 35.9 Å². The number of rotatable bonds is 1. The topological polar surface area (TPSA) is 21.8 Å². The second-order valence-electron chi connectivity index (χ2n) is 5.71. The summed E-state index contributed by atoms with van der Waals surface area (Å²) in [7, 11) is 1.93. The van der Waals surface area contributed by atoms with Crippen molar-refractivity contribution in [1.29, 1.82) is 0 Å². The van der Waals surface area contributed by atoms with Crippen LogP contribution < -0.4 is 10.4 Å². The first kappa shape index (κ1) is 14.4. The van der Waals surface area contributed by atoms with Gasteiger partial charge in [-0.25, -0.2) is 4.39 Å². The summed E-state index contributed by atoms with van der Waals surface area (Å²) in [6.45, 7) is 1.07. The van der Waals surface area contributed by atoms with E-state index < -0.39 is 0 Å². The van der Waals surface area contributed by atoms with Crippen molar-refractivity contribution in [3.63, 3.8) is 0 Å². The number of nitrogens with one attached hydrogen (secondary N) is 1. The third kappa shape index (κ3) is 2.42. The van der Waals surface area contributed by atoms with Gasteiger partial charge in [0, 0.05) is 30.4 Å². The monoisotopic (exact) mass is 330 g/mol. The lowest BCUT2D eigenvalue weighted by molar-refractivity contribution is 0.170. The lowest BCUT2D eigenvalue weighted by Crippen LogP contribution is -2.44. The molecule has 0 spiro atoms. The number of hydrazine groups is 2. The summed E-state index contributed by atoms with van der Waals surface area (Å²) in [4.78, 5) is 1.98. The Hall–Kier alpha value is -2.24. The van der Waals surface area contributed by atoms with Gasteiger partial charge in [-0.15, -0.1) is 5.53 Å². The van der Waals surface area contributed by atoms with E-state index in [-0.39, 0.29) is 5.82 Å². The van der Waals surface area contributed by atoms with Crippen molar-refractivity contribution >= 4 is 23.0 Å². The fraction of sp³-hybridized carbons (Fsp3) is 0.176. The van der Waals surface area contributed by atoms with Crippen LogP contribution >= 0.6 is 11.6 Å². The molecule has 2 aliphatic rings. The molecule has 0 aromatic heterocycles. The summed E-state index contributed by atoms with van der Waals surface area (Å²) >= 11 is 6.43. The Balaban J connectivity index is 1.84. The molecule has 6 heteroatoms. The van der Waals surface area contributed by atoms with Crippen LogP contribution in [0.15, 0.2) is 48.7 Å². The predicted molar refractivity (Wildman–Crippen MR) is 89.6 cm³/mol. The second kappa shape index (κ2) is 5.44. The third-order valence-electron chi connectivity index (χ3n) is 4.13. The molecule has 2 aromatic carbocycles. The highest BCUT2D eigenvalue weighted by Crippen LogP contribution is 2.35. The van der Waals surface area contributed by atoms with Crippen LogP contribution in [-0.4, -0.2) is 23.7 Å². The van der Waals surface area contributed by atoms with Crippen molar-refractivity contribution in [3.8, 4) is 0 Å². The zero-order valence-electron chi connectivity index (χ0n) is 12.6. The average Bonchev–Trinajstić information content (AvgIpc) is 2.82. The molecule has 4 nitrogen and oxygen atoms in total. The molecule has 2 heterocycles. The number of hydrogen-bond acceptors (Lipinski definition) is 4. The zero-order chi connectivity index (χ0) is 16.0. The lowest BCUT2D eigenvalue weighted by atomic mass is 10.0. The molecule has 23 heavy (non-hydrogen) atoms. The van der Waals surface area contributed by atoms with Crippen LogP contribution in [0.2, 0.25) is 5.02 Å². The van der Waals surface area contributed by atoms with E-state index in [1.54, 1.807) is 12.1 Å². The Bertz CT molecular complexity index is 792. The third-order valence-corrected chi connectivity index (χ3v) is 4.49. The van der Waals surface area contributed by atoms with Crippen LogP contribution in [0, 0.1) is 5.82 Å². The number of anilines is 1. The van der Waals surface area contributed by atoms with E-state index >= 15 is 0 Å². The van der Waals surface area contributed by atoms with Gasteiger partial charge in [0.15, 0.2) is 0 Å². The Labute approximate surface area is 139 Å². The Morgan fingerprint density at radius 3 is 2.78 bits per heavy atom. The molecule has 0 amide bonds. The van der Waals surface area contributed by atoms with E-state index in [4.69, 9.17) is 11.6 Å². The number of halogens is 2. The molecule has 4 rings (SSSR count). The van der Waals surface area contributed by atoms with Crippen LogP contribution in [0.3, 0.4) is 0 Å². The smallest absolute Gasteiger partial charge is 0.146 e. The number of hydrogen-bond donors (Lipinski definition) is 1. The molecule has 118 valence electrons. The maximum absolute atomic E-state index is 14.3. The normalized spacial score (nSPS) is 16.8. The minimum atomic E-state index is -0.235. The first-order valence-corrected chi connectivity index (χ1v) is 7.77. The molecular weight excluding hydrogens is 315 g/mol. The van der Waals surface area contributed by atoms with Crippen molar-refractivity contribution in [2.24, 2.45) is 0 Å². The molecular formula is C17H16ClFN4. The van der Waals surface area contributed by atoms with Gasteiger partial charge in [-0.3, -0.25) is 10.0 Å². The summed E-state index contributed by atoms with van der Waals surface area (Å²) in [6, 6.07) is 12.7. The summed E-state index contributed by atoms with van der Waals surface area (Å²) in [5, 5.41) is 4.57. The summed E-state index contributed by atoms with van der Waals surface area (Å²) in [6.07, 6.45) is 2.01. The zero-order valence-corrected chi connectivity index (χ0v) is 13.4. The maximum Gasteiger partial charge on any atom is 0.146 e. The van der Waals surface area contributed by atoms with E-state index in [2.05, 4.69) is 5.53 Å². The first-order chi connectivity index (χ1) is 11.1. The van der Waals surface area contributed by atoms with Gasteiger partial charge in [0.2, 0.25) is 0 Å². The van der Waals surface area contributed by atoms with Gasteiger partial charge in [-0.05, 0) is 23.8 Å². The second-order valence-corrected chi connectivity index (χ2v) is 6.12. The van der Waals surface area contributed by atoms with Crippen LogP contribution in [0.1, 0.15) is 11.1 Å². The number of para-hydroxylation sites is 1. The van der Waals surface area contributed by atoms with Crippen LogP contribution in [0.25, 0.3) is 5.70 Å². The number of fused-ring (bicyclic) bond motifs is 3. The minimum Gasteiger partial charge on any atom is -0.346 e. The molecule has 0 aliphatic carbocycles. The highest BCUT2D eigenvalue weighted by atomic mass is 35.5. The van der Waals surface area contributed by atoms with Gasteiger partial charge < -0.3 is 4.90 Å². The standard InChI is InChI=1S/C17H16ClFN4/c1-21-10-17-12-5-4-6-14(18)13(12)9-22(11-23(17)20-21)16-8-3-2-7-15(16)19/h2-8,10,20H,9,11H2,1H3. The highest BCUT2D eigenvalue weighted by Gasteiger charge is 2.29. The van der Waals surface area contributed by atoms with Gasteiger partial charge >= 0.3 is 0 Å². The molecule has 0 atom stereocenters.